The molecule has 0 saturated heterocycles. The van der Waals surface area contributed by atoms with Crippen LogP contribution in [0.1, 0.15) is 26.2 Å². The highest BCUT2D eigenvalue weighted by molar-refractivity contribution is 9.10. The van der Waals surface area contributed by atoms with Gasteiger partial charge in [0.1, 0.15) is 0 Å². The van der Waals surface area contributed by atoms with Crippen LogP contribution >= 0.6 is 15.9 Å². The largest absolute Gasteiger partial charge is 0.223 e. The Kier molecular flexibility index (Phi) is 2.87. The summed E-state index contributed by atoms with van der Waals surface area (Å²) in [5.74, 6) is 0.530. The summed E-state index contributed by atoms with van der Waals surface area (Å²) in [6.07, 6.45) is 3.21. The van der Waals surface area contributed by atoms with E-state index < -0.39 is 9.84 Å². The van der Waals surface area contributed by atoms with Gasteiger partial charge in [-0.2, -0.15) is 0 Å². The van der Waals surface area contributed by atoms with Gasteiger partial charge in [-0.05, 0) is 43.7 Å². The van der Waals surface area contributed by atoms with Gasteiger partial charge in [-0.3, -0.25) is 0 Å². The van der Waals surface area contributed by atoms with Gasteiger partial charge in [0.15, 0.2) is 9.84 Å². The Morgan fingerprint density at radius 3 is 2.22 bits per heavy atom. The normalized spacial score (nSPS) is 39.1. The molecule has 0 aromatic heterocycles. The molecule has 2 fully saturated rings. The number of rotatable bonds is 2. The van der Waals surface area contributed by atoms with Gasteiger partial charge in [-0.15, -0.1) is 0 Å². The lowest BCUT2D eigenvalue weighted by molar-refractivity contribution is 0.0710. The van der Waals surface area contributed by atoms with Crippen LogP contribution in [0.2, 0.25) is 0 Å². The summed E-state index contributed by atoms with van der Waals surface area (Å²) in [6.45, 7) is 2.15. The Bertz CT molecular complexity index is 536. The first-order valence-corrected chi connectivity index (χ1v) is 8.77. The molecule has 2 nitrogen and oxygen atoms in total. The number of alkyl halides is 1. The molecule has 2 aliphatic rings. The summed E-state index contributed by atoms with van der Waals surface area (Å²) < 4.78 is 25.4. The van der Waals surface area contributed by atoms with Crippen molar-refractivity contribution in [2.24, 2.45) is 11.8 Å². The third-order valence-corrected chi connectivity index (χ3v) is 8.18. The summed E-state index contributed by atoms with van der Waals surface area (Å²) in [4.78, 5) is 0.481. The Morgan fingerprint density at radius 2 is 1.72 bits per heavy atom. The van der Waals surface area contributed by atoms with Gasteiger partial charge in [0.2, 0.25) is 0 Å². The van der Waals surface area contributed by atoms with Crippen molar-refractivity contribution in [3.63, 3.8) is 0 Å². The Hall–Kier alpha value is -0.350. The van der Waals surface area contributed by atoms with Crippen LogP contribution < -0.4 is 0 Å². The predicted molar refractivity (Wildman–Crippen MR) is 75.6 cm³/mol. The molecule has 3 rings (SSSR count). The number of hydrogen-bond donors (Lipinski definition) is 0. The van der Waals surface area contributed by atoms with Crippen molar-refractivity contribution in [1.29, 1.82) is 0 Å². The Morgan fingerprint density at radius 1 is 1.17 bits per heavy atom. The van der Waals surface area contributed by atoms with Crippen molar-refractivity contribution >= 4 is 25.8 Å². The van der Waals surface area contributed by atoms with Crippen LogP contribution in [0.25, 0.3) is 0 Å². The molecule has 0 aliphatic heterocycles. The van der Waals surface area contributed by atoms with E-state index in [0.29, 0.717) is 4.90 Å². The average molecular weight is 329 g/mol. The number of fused-ring (bicyclic) bond motifs is 2. The highest BCUT2D eigenvalue weighted by atomic mass is 79.9. The molecule has 0 N–H and O–H groups in total. The van der Waals surface area contributed by atoms with Crippen LogP contribution in [0.5, 0.6) is 0 Å². The molecule has 18 heavy (non-hydrogen) atoms. The zero-order valence-corrected chi connectivity index (χ0v) is 12.7. The van der Waals surface area contributed by atoms with Gasteiger partial charge in [0.05, 0.1) is 10.1 Å². The van der Waals surface area contributed by atoms with Gasteiger partial charge in [0, 0.05) is 4.32 Å². The highest BCUT2D eigenvalue weighted by Gasteiger charge is 2.63. The molecule has 0 heterocycles. The smallest absolute Gasteiger partial charge is 0.181 e. The lowest BCUT2D eigenvalue weighted by atomic mass is 9.57. The number of benzene rings is 1. The quantitative estimate of drug-likeness (QED) is 0.779. The minimum atomic E-state index is -3.16. The first kappa shape index (κ1) is 12.7. The number of sulfone groups is 1. The fraction of sp³-hybridized carbons (Fsp3) is 0.571. The molecule has 0 radical (unpaired) electrons. The van der Waals surface area contributed by atoms with E-state index in [9.17, 15) is 8.42 Å². The lowest BCUT2D eigenvalue weighted by Crippen LogP contribution is -2.65. The summed E-state index contributed by atoms with van der Waals surface area (Å²) in [5, 5.41) is -0.182. The van der Waals surface area contributed by atoms with E-state index in [1.807, 2.05) is 6.07 Å². The molecule has 1 aromatic carbocycles. The van der Waals surface area contributed by atoms with Crippen molar-refractivity contribution in [1.82, 2.24) is 0 Å². The second-order valence-corrected chi connectivity index (χ2v) is 9.43. The van der Waals surface area contributed by atoms with E-state index in [0.717, 1.165) is 19.3 Å². The molecule has 2 saturated carbocycles. The van der Waals surface area contributed by atoms with E-state index in [1.54, 1.807) is 24.3 Å². The second kappa shape index (κ2) is 4.07. The van der Waals surface area contributed by atoms with Crippen molar-refractivity contribution in [2.75, 3.05) is 0 Å². The van der Waals surface area contributed by atoms with Crippen LogP contribution in [0.4, 0.5) is 0 Å². The number of halogens is 1. The summed E-state index contributed by atoms with van der Waals surface area (Å²) >= 11 is 3.75. The zero-order chi connectivity index (χ0) is 13.0. The van der Waals surface area contributed by atoms with Crippen LogP contribution in [-0.4, -0.2) is 18.0 Å². The van der Waals surface area contributed by atoms with Crippen molar-refractivity contribution in [3.05, 3.63) is 30.3 Å². The van der Waals surface area contributed by atoms with Crippen LogP contribution in [-0.2, 0) is 9.84 Å². The molecule has 2 unspecified atom stereocenters. The van der Waals surface area contributed by atoms with Crippen molar-refractivity contribution in [3.8, 4) is 0 Å². The van der Waals surface area contributed by atoms with Gasteiger partial charge >= 0.3 is 0 Å². The topological polar surface area (TPSA) is 34.1 Å². The predicted octanol–water partition coefficient (Wildman–Crippen LogP) is 3.41. The standard InChI is InChI=1S/C14H17BrO2S/c1-14(15)11-8-5-9-12(14)13(11)18(16,17)10-6-3-2-4-7-10/h2-4,6-7,11-13H,5,8-9H2,1H3/t11-,12+,13?,14?. The fourth-order valence-corrected chi connectivity index (χ4v) is 7.66. The monoisotopic (exact) mass is 328 g/mol. The van der Waals surface area contributed by atoms with Gasteiger partial charge < -0.3 is 0 Å². The van der Waals surface area contributed by atoms with Crippen LogP contribution in [0, 0.1) is 11.8 Å². The lowest BCUT2D eigenvalue weighted by Gasteiger charge is -2.60. The van der Waals surface area contributed by atoms with Crippen molar-refractivity contribution in [2.45, 2.75) is 40.7 Å². The van der Waals surface area contributed by atoms with E-state index in [2.05, 4.69) is 22.9 Å². The molecular formula is C14H17BrO2S. The molecule has 2 aliphatic carbocycles. The maximum atomic E-state index is 12.7. The Balaban J connectivity index is 1.98. The molecule has 4 atom stereocenters. The molecule has 0 spiro atoms. The minimum Gasteiger partial charge on any atom is -0.223 e. The third-order valence-electron chi connectivity index (χ3n) is 4.70. The molecule has 2 bridgehead atoms. The van der Waals surface area contributed by atoms with E-state index in [1.165, 1.54) is 0 Å². The van der Waals surface area contributed by atoms with E-state index in [4.69, 9.17) is 0 Å². The summed E-state index contributed by atoms with van der Waals surface area (Å²) in [6, 6.07) is 8.89. The van der Waals surface area contributed by atoms with Crippen LogP contribution in [0.3, 0.4) is 0 Å². The van der Waals surface area contributed by atoms with E-state index >= 15 is 0 Å². The van der Waals surface area contributed by atoms with Gasteiger partial charge in [0.25, 0.3) is 0 Å². The maximum absolute atomic E-state index is 12.7. The molecule has 98 valence electrons. The zero-order valence-electron chi connectivity index (χ0n) is 10.3. The second-order valence-electron chi connectivity index (χ2n) is 5.62. The highest BCUT2D eigenvalue weighted by Crippen LogP contribution is 2.61. The molecule has 4 heteroatoms. The van der Waals surface area contributed by atoms with Crippen LogP contribution in [0.15, 0.2) is 35.2 Å². The molecule has 0 amide bonds. The maximum Gasteiger partial charge on any atom is 0.181 e. The van der Waals surface area contributed by atoms with Crippen molar-refractivity contribution < 1.29 is 8.42 Å². The van der Waals surface area contributed by atoms with E-state index in [-0.39, 0.29) is 21.4 Å². The first-order valence-electron chi connectivity index (χ1n) is 6.43. The average Bonchev–Trinajstić information content (AvgIpc) is 2.39. The fourth-order valence-electron chi connectivity index (χ4n) is 3.73. The molecule has 1 aromatic rings. The summed E-state index contributed by atoms with van der Waals surface area (Å²) in [5.41, 5.74) is 0. The summed E-state index contributed by atoms with van der Waals surface area (Å²) in [7, 11) is -3.16. The third kappa shape index (κ3) is 1.61. The SMILES string of the molecule is CC1(Br)[C@@H]2CCC[C@H]1C2S(=O)(=O)c1ccccc1. The number of hydrogen-bond acceptors (Lipinski definition) is 2. The first-order chi connectivity index (χ1) is 8.45. The van der Waals surface area contributed by atoms with Gasteiger partial charge in [-0.25, -0.2) is 8.42 Å². The van der Waals surface area contributed by atoms with Gasteiger partial charge in [-0.1, -0.05) is 40.5 Å². The molecular weight excluding hydrogens is 312 g/mol. The minimum absolute atomic E-state index is 0.0256. The Labute approximate surface area is 117 Å².